The Hall–Kier alpha value is -0.790. The standard InChI is InChI=1S/C11H9F3INO/c12-11(13,14)6-1-2-9(15)8(5-6)7-3-4-16-10(7)17/h1-2,5,7H,3-4H2,(H,16,17). The molecule has 6 heteroatoms. The maximum Gasteiger partial charge on any atom is 0.416 e. The quantitative estimate of drug-likeness (QED) is 0.772. The van der Waals surface area contributed by atoms with Crippen LogP contribution in [0.5, 0.6) is 0 Å². The second-order valence-corrected chi connectivity index (χ2v) is 5.03. The summed E-state index contributed by atoms with van der Waals surface area (Å²) in [5.74, 6) is -0.647. The molecule has 0 aromatic heterocycles. The molecule has 0 spiro atoms. The Bertz CT molecular complexity index is 459. The summed E-state index contributed by atoms with van der Waals surface area (Å²) in [6, 6.07) is 3.53. The van der Waals surface area contributed by atoms with Gasteiger partial charge in [-0.05, 0) is 52.8 Å². The number of halogens is 4. The maximum absolute atomic E-state index is 12.6. The zero-order valence-corrected chi connectivity index (χ0v) is 10.8. The Balaban J connectivity index is 2.42. The van der Waals surface area contributed by atoms with Gasteiger partial charge in [0.2, 0.25) is 5.91 Å². The van der Waals surface area contributed by atoms with E-state index in [4.69, 9.17) is 0 Å². The summed E-state index contributed by atoms with van der Waals surface area (Å²) < 4.78 is 38.4. The van der Waals surface area contributed by atoms with Gasteiger partial charge in [-0.1, -0.05) is 0 Å². The van der Waals surface area contributed by atoms with Crippen molar-refractivity contribution in [2.24, 2.45) is 0 Å². The second-order valence-electron chi connectivity index (χ2n) is 3.87. The van der Waals surface area contributed by atoms with Crippen molar-refractivity contribution in [3.63, 3.8) is 0 Å². The lowest BCUT2D eigenvalue weighted by Gasteiger charge is -2.13. The van der Waals surface area contributed by atoms with Crippen LogP contribution in [0.4, 0.5) is 13.2 Å². The van der Waals surface area contributed by atoms with Crippen molar-refractivity contribution in [2.45, 2.75) is 18.5 Å². The first-order valence-corrected chi connectivity index (χ1v) is 6.12. The predicted molar refractivity (Wildman–Crippen MR) is 64.5 cm³/mol. The van der Waals surface area contributed by atoms with Crippen molar-refractivity contribution in [1.29, 1.82) is 0 Å². The molecule has 1 heterocycles. The molecule has 1 aromatic carbocycles. The Kier molecular flexibility index (Phi) is 3.33. The Morgan fingerprint density at radius 2 is 2.06 bits per heavy atom. The topological polar surface area (TPSA) is 29.1 Å². The van der Waals surface area contributed by atoms with Crippen LogP contribution in [0, 0.1) is 3.57 Å². The minimum Gasteiger partial charge on any atom is -0.356 e. The molecule has 0 saturated carbocycles. The SMILES string of the molecule is O=C1NCCC1c1cc(C(F)(F)F)ccc1I. The predicted octanol–water partition coefficient (Wildman–Crippen LogP) is 2.91. The summed E-state index contributed by atoms with van der Waals surface area (Å²) in [5.41, 5.74) is -0.233. The smallest absolute Gasteiger partial charge is 0.356 e. The average molecular weight is 355 g/mol. The highest BCUT2D eigenvalue weighted by molar-refractivity contribution is 14.1. The third-order valence-electron chi connectivity index (χ3n) is 2.75. The Morgan fingerprint density at radius 3 is 2.59 bits per heavy atom. The molecule has 2 nitrogen and oxygen atoms in total. The van der Waals surface area contributed by atoms with Crippen LogP contribution in [0.2, 0.25) is 0 Å². The number of nitrogens with one attached hydrogen (secondary N) is 1. The van der Waals surface area contributed by atoms with E-state index < -0.39 is 17.7 Å². The number of carbonyl (C=O) groups excluding carboxylic acids is 1. The molecule has 17 heavy (non-hydrogen) atoms. The third kappa shape index (κ3) is 2.56. The molecule has 1 aliphatic rings. The molecule has 2 rings (SSSR count). The zero-order chi connectivity index (χ0) is 12.6. The molecule has 1 saturated heterocycles. The first kappa shape index (κ1) is 12.7. The molecule has 1 unspecified atom stereocenters. The number of alkyl halides is 3. The summed E-state index contributed by atoms with van der Waals surface area (Å²) in [7, 11) is 0. The van der Waals surface area contributed by atoms with E-state index in [1.807, 2.05) is 22.6 Å². The summed E-state index contributed by atoms with van der Waals surface area (Å²) in [6.45, 7) is 0.524. The fraction of sp³-hybridized carbons (Fsp3) is 0.364. The van der Waals surface area contributed by atoms with Crippen LogP contribution >= 0.6 is 22.6 Å². The number of amides is 1. The number of hydrogen-bond acceptors (Lipinski definition) is 1. The highest BCUT2D eigenvalue weighted by Crippen LogP contribution is 2.34. The molecule has 0 radical (unpaired) electrons. The van der Waals surface area contributed by atoms with Crippen LogP contribution in [0.15, 0.2) is 18.2 Å². The fourth-order valence-corrected chi connectivity index (χ4v) is 2.59. The lowest BCUT2D eigenvalue weighted by Crippen LogP contribution is -2.19. The van der Waals surface area contributed by atoms with Gasteiger partial charge in [0.05, 0.1) is 11.5 Å². The minimum atomic E-state index is -4.37. The molecule has 1 N–H and O–H groups in total. The summed E-state index contributed by atoms with van der Waals surface area (Å²) in [5, 5.41) is 2.63. The molecule has 92 valence electrons. The van der Waals surface area contributed by atoms with Gasteiger partial charge < -0.3 is 5.32 Å². The Labute approximate surface area is 110 Å². The summed E-state index contributed by atoms with van der Waals surface area (Å²) in [6.07, 6.45) is -3.82. The van der Waals surface area contributed by atoms with Gasteiger partial charge in [0.1, 0.15) is 0 Å². The Morgan fingerprint density at radius 1 is 1.35 bits per heavy atom. The van der Waals surface area contributed by atoms with Crippen LogP contribution in [0.25, 0.3) is 0 Å². The van der Waals surface area contributed by atoms with E-state index in [0.717, 1.165) is 12.1 Å². The zero-order valence-electron chi connectivity index (χ0n) is 8.64. The number of rotatable bonds is 1. The van der Waals surface area contributed by atoms with Crippen molar-refractivity contribution in [2.75, 3.05) is 6.54 Å². The van der Waals surface area contributed by atoms with Crippen molar-refractivity contribution in [3.05, 3.63) is 32.9 Å². The third-order valence-corrected chi connectivity index (χ3v) is 3.73. The first-order valence-electron chi connectivity index (χ1n) is 5.04. The lowest BCUT2D eigenvalue weighted by atomic mass is 9.96. The van der Waals surface area contributed by atoms with Gasteiger partial charge in [-0.25, -0.2) is 0 Å². The molecule has 1 aliphatic heterocycles. The molecular weight excluding hydrogens is 346 g/mol. The maximum atomic E-state index is 12.6. The van der Waals surface area contributed by atoms with E-state index >= 15 is 0 Å². The van der Waals surface area contributed by atoms with Crippen LogP contribution in [-0.2, 0) is 11.0 Å². The van der Waals surface area contributed by atoms with Gasteiger partial charge in [0, 0.05) is 10.1 Å². The van der Waals surface area contributed by atoms with Gasteiger partial charge >= 0.3 is 6.18 Å². The summed E-state index contributed by atoms with van der Waals surface area (Å²) in [4.78, 5) is 11.5. The van der Waals surface area contributed by atoms with Gasteiger partial charge in [-0.3, -0.25) is 4.79 Å². The van der Waals surface area contributed by atoms with Crippen LogP contribution in [0.3, 0.4) is 0 Å². The minimum absolute atomic E-state index is 0.192. The van der Waals surface area contributed by atoms with E-state index in [1.54, 1.807) is 0 Å². The van der Waals surface area contributed by atoms with Crippen molar-refractivity contribution in [1.82, 2.24) is 5.32 Å². The highest BCUT2D eigenvalue weighted by atomic mass is 127. The molecule has 1 atom stereocenters. The molecule has 0 aliphatic carbocycles. The van der Waals surface area contributed by atoms with Gasteiger partial charge in [-0.15, -0.1) is 0 Å². The number of hydrogen-bond donors (Lipinski definition) is 1. The monoisotopic (exact) mass is 355 g/mol. The van der Waals surface area contributed by atoms with Gasteiger partial charge in [-0.2, -0.15) is 13.2 Å². The van der Waals surface area contributed by atoms with E-state index in [1.165, 1.54) is 6.07 Å². The molecule has 0 bridgehead atoms. The molecule has 1 aromatic rings. The van der Waals surface area contributed by atoms with Crippen molar-refractivity contribution >= 4 is 28.5 Å². The van der Waals surface area contributed by atoms with Crippen LogP contribution in [-0.4, -0.2) is 12.5 Å². The van der Waals surface area contributed by atoms with Crippen LogP contribution in [0.1, 0.15) is 23.5 Å². The van der Waals surface area contributed by atoms with E-state index in [2.05, 4.69) is 5.32 Å². The molecule has 1 fully saturated rings. The second kappa shape index (κ2) is 4.47. The largest absolute Gasteiger partial charge is 0.416 e. The van der Waals surface area contributed by atoms with Crippen LogP contribution < -0.4 is 5.32 Å². The highest BCUT2D eigenvalue weighted by Gasteiger charge is 2.33. The average Bonchev–Trinajstić information content (AvgIpc) is 2.63. The summed E-state index contributed by atoms with van der Waals surface area (Å²) >= 11 is 1.96. The number of benzene rings is 1. The first-order chi connectivity index (χ1) is 7.89. The van der Waals surface area contributed by atoms with Gasteiger partial charge in [0.15, 0.2) is 0 Å². The fourth-order valence-electron chi connectivity index (χ4n) is 1.88. The van der Waals surface area contributed by atoms with E-state index in [0.29, 0.717) is 22.1 Å². The van der Waals surface area contributed by atoms with E-state index in [-0.39, 0.29) is 5.91 Å². The normalized spacial score (nSPS) is 20.5. The lowest BCUT2D eigenvalue weighted by molar-refractivity contribution is -0.137. The van der Waals surface area contributed by atoms with Crippen molar-refractivity contribution < 1.29 is 18.0 Å². The van der Waals surface area contributed by atoms with Crippen molar-refractivity contribution in [3.8, 4) is 0 Å². The van der Waals surface area contributed by atoms with E-state index in [9.17, 15) is 18.0 Å². The van der Waals surface area contributed by atoms with Gasteiger partial charge in [0.25, 0.3) is 0 Å². The molecule has 1 amide bonds. The number of carbonyl (C=O) groups is 1. The molecular formula is C11H9F3INO.